The van der Waals surface area contributed by atoms with E-state index in [0.717, 1.165) is 18.6 Å². The van der Waals surface area contributed by atoms with E-state index < -0.39 is 0 Å². The number of benzene rings is 1. The van der Waals surface area contributed by atoms with Crippen LogP contribution in [0.1, 0.15) is 50.0 Å². The van der Waals surface area contributed by atoms with Gasteiger partial charge < -0.3 is 9.47 Å². The lowest BCUT2D eigenvalue weighted by atomic mass is 9.80. The van der Waals surface area contributed by atoms with Crippen molar-refractivity contribution in [1.29, 1.82) is 0 Å². The first-order chi connectivity index (χ1) is 9.76. The second kappa shape index (κ2) is 7.32. The summed E-state index contributed by atoms with van der Waals surface area (Å²) in [6.07, 6.45) is 6.41. The minimum atomic E-state index is -0.100. The Kier molecular flexibility index (Phi) is 5.45. The van der Waals surface area contributed by atoms with Crippen LogP contribution in [0.25, 0.3) is 0 Å². The summed E-state index contributed by atoms with van der Waals surface area (Å²) in [4.78, 5) is 11.7. The summed E-state index contributed by atoms with van der Waals surface area (Å²) in [5.41, 5.74) is 1.24. The molecule has 1 fully saturated rings. The number of hydrogen-bond donors (Lipinski definition) is 0. The SMILES string of the molecule is COC(=O)CC1CCCCCC1c1ccccc1OC. The van der Waals surface area contributed by atoms with Gasteiger partial charge in [-0.3, -0.25) is 4.79 Å². The molecule has 1 saturated carbocycles. The van der Waals surface area contributed by atoms with E-state index in [2.05, 4.69) is 12.1 Å². The van der Waals surface area contributed by atoms with Gasteiger partial charge in [0.15, 0.2) is 0 Å². The fourth-order valence-corrected chi connectivity index (χ4v) is 3.31. The van der Waals surface area contributed by atoms with Gasteiger partial charge in [-0.15, -0.1) is 0 Å². The summed E-state index contributed by atoms with van der Waals surface area (Å²) < 4.78 is 10.4. The van der Waals surface area contributed by atoms with Gasteiger partial charge in [0.05, 0.1) is 14.2 Å². The van der Waals surface area contributed by atoms with Crippen molar-refractivity contribution in [3.63, 3.8) is 0 Å². The molecule has 3 heteroatoms. The zero-order valence-electron chi connectivity index (χ0n) is 12.4. The third-order valence-corrected chi connectivity index (χ3v) is 4.35. The van der Waals surface area contributed by atoms with E-state index in [0.29, 0.717) is 18.3 Å². The minimum Gasteiger partial charge on any atom is -0.496 e. The van der Waals surface area contributed by atoms with E-state index in [9.17, 15) is 4.79 Å². The normalized spacial score (nSPS) is 22.9. The average molecular weight is 276 g/mol. The smallest absolute Gasteiger partial charge is 0.305 e. The van der Waals surface area contributed by atoms with Crippen LogP contribution in [0.2, 0.25) is 0 Å². The number of hydrogen-bond acceptors (Lipinski definition) is 3. The van der Waals surface area contributed by atoms with Crippen LogP contribution in [-0.4, -0.2) is 20.2 Å². The second-order valence-corrected chi connectivity index (χ2v) is 5.53. The predicted octanol–water partition coefficient (Wildman–Crippen LogP) is 3.92. The highest BCUT2D eigenvalue weighted by molar-refractivity contribution is 5.69. The second-order valence-electron chi connectivity index (χ2n) is 5.53. The molecular weight excluding hydrogens is 252 g/mol. The van der Waals surface area contributed by atoms with Crippen LogP contribution in [0.15, 0.2) is 24.3 Å². The fraction of sp³-hybridized carbons (Fsp3) is 0.588. The lowest BCUT2D eigenvalue weighted by molar-refractivity contribution is -0.142. The quantitative estimate of drug-likeness (QED) is 0.617. The van der Waals surface area contributed by atoms with Crippen molar-refractivity contribution < 1.29 is 14.3 Å². The van der Waals surface area contributed by atoms with Gasteiger partial charge in [-0.1, -0.05) is 37.5 Å². The van der Waals surface area contributed by atoms with E-state index in [1.807, 2.05) is 12.1 Å². The zero-order chi connectivity index (χ0) is 14.4. The fourth-order valence-electron chi connectivity index (χ4n) is 3.31. The zero-order valence-corrected chi connectivity index (χ0v) is 12.4. The molecule has 1 aliphatic carbocycles. The highest BCUT2D eigenvalue weighted by Gasteiger charge is 2.29. The van der Waals surface area contributed by atoms with Crippen LogP contribution in [0, 0.1) is 5.92 Å². The number of methoxy groups -OCH3 is 2. The molecule has 0 radical (unpaired) electrons. The van der Waals surface area contributed by atoms with Crippen LogP contribution in [0.3, 0.4) is 0 Å². The summed E-state index contributed by atoms with van der Waals surface area (Å²) in [5.74, 6) is 1.60. The van der Waals surface area contributed by atoms with Gasteiger partial charge in [-0.05, 0) is 36.3 Å². The molecule has 1 aromatic rings. The van der Waals surface area contributed by atoms with E-state index in [1.165, 1.54) is 31.9 Å². The highest BCUT2D eigenvalue weighted by Crippen LogP contribution is 2.41. The van der Waals surface area contributed by atoms with Gasteiger partial charge in [0.25, 0.3) is 0 Å². The first kappa shape index (κ1) is 14.9. The van der Waals surface area contributed by atoms with Crippen LogP contribution in [0.4, 0.5) is 0 Å². The molecule has 1 aromatic carbocycles. The molecule has 3 nitrogen and oxygen atoms in total. The monoisotopic (exact) mass is 276 g/mol. The van der Waals surface area contributed by atoms with Crippen molar-refractivity contribution in [2.45, 2.75) is 44.4 Å². The molecule has 20 heavy (non-hydrogen) atoms. The molecule has 0 aliphatic heterocycles. The summed E-state index contributed by atoms with van der Waals surface area (Å²) in [5, 5.41) is 0. The van der Waals surface area contributed by atoms with Gasteiger partial charge in [0.1, 0.15) is 5.75 Å². The first-order valence-corrected chi connectivity index (χ1v) is 7.46. The summed E-state index contributed by atoms with van der Waals surface area (Å²) >= 11 is 0. The van der Waals surface area contributed by atoms with Crippen LogP contribution in [-0.2, 0) is 9.53 Å². The van der Waals surface area contributed by atoms with E-state index in [1.54, 1.807) is 7.11 Å². The topological polar surface area (TPSA) is 35.5 Å². The Bertz CT molecular complexity index is 442. The molecule has 0 spiro atoms. The van der Waals surface area contributed by atoms with Crippen molar-refractivity contribution >= 4 is 5.97 Å². The van der Waals surface area contributed by atoms with Crippen LogP contribution in [0.5, 0.6) is 5.75 Å². The molecule has 0 N–H and O–H groups in total. The van der Waals surface area contributed by atoms with Gasteiger partial charge in [0, 0.05) is 6.42 Å². The van der Waals surface area contributed by atoms with Crippen molar-refractivity contribution in [2.75, 3.05) is 14.2 Å². The molecule has 1 aliphatic rings. The maximum Gasteiger partial charge on any atom is 0.305 e. The maximum absolute atomic E-state index is 11.7. The van der Waals surface area contributed by atoms with E-state index >= 15 is 0 Å². The largest absolute Gasteiger partial charge is 0.496 e. The number of rotatable bonds is 4. The molecular formula is C17H24O3. The first-order valence-electron chi connectivity index (χ1n) is 7.46. The Morgan fingerprint density at radius 1 is 1.15 bits per heavy atom. The predicted molar refractivity (Wildman–Crippen MR) is 78.9 cm³/mol. The van der Waals surface area contributed by atoms with Crippen LogP contribution >= 0.6 is 0 Å². The molecule has 2 unspecified atom stereocenters. The third-order valence-electron chi connectivity index (χ3n) is 4.35. The number of ether oxygens (including phenoxy) is 2. The van der Waals surface area contributed by atoms with Crippen molar-refractivity contribution in [1.82, 2.24) is 0 Å². The molecule has 0 saturated heterocycles. The van der Waals surface area contributed by atoms with E-state index in [-0.39, 0.29) is 5.97 Å². The lowest BCUT2D eigenvalue weighted by Crippen LogP contribution is -2.17. The number of esters is 1. The summed E-state index contributed by atoms with van der Waals surface area (Å²) in [6, 6.07) is 8.20. The molecule has 2 rings (SSSR count). The Hall–Kier alpha value is -1.51. The third kappa shape index (κ3) is 3.53. The van der Waals surface area contributed by atoms with Gasteiger partial charge in [-0.2, -0.15) is 0 Å². The van der Waals surface area contributed by atoms with Crippen molar-refractivity contribution in [3.8, 4) is 5.75 Å². The van der Waals surface area contributed by atoms with Crippen molar-refractivity contribution in [3.05, 3.63) is 29.8 Å². The molecule has 0 heterocycles. The maximum atomic E-state index is 11.7. The van der Waals surface area contributed by atoms with Gasteiger partial charge in [-0.25, -0.2) is 0 Å². The summed E-state index contributed by atoms with van der Waals surface area (Å²) in [6.45, 7) is 0. The van der Waals surface area contributed by atoms with Gasteiger partial charge in [0.2, 0.25) is 0 Å². The Morgan fingerprint density at radius 3 is 2.65 bits per heavy atom. The Labute approximate surface area is 121 Å². The van der Waals surface area contributed by atoms with Crippen LogP contribution < -0.4 is 4.74 Å². The Morgan fingerprint density at radius 2 is 1.90 bits per heavy atom. The van der Waals surface area contributed by atoms with Gasteiger partial charge >= 0.3 is 5.97 Å². The molecule has 2 atom stereocenters. The minimum absolute atomic E-state index is 0.100. The standard InChI is InChI=1S/C17H24O3/c1-19-16-11-7-6-10-15(16)14-9-5-3-4-8-13(14)12-17(18)20-2/h6-7,10-11,13-14H,3-5,8-9,12H2,1-2H3. The molecule has 0 amide bonds. The highest BCUT2D eigenvalue weighted by atomic mass is 16.5. The number of para-hydroxylation sites is 1. The molecule has 110 valence electrons. The average Bonchev–Trinajstić information content (AvgIpc) is 2.72. The summed E-state index contributed by atoms with van der Waals surface area (Å²) in [7, 11) is 3.18. The molecule has 0 aromatic heterocycles. The number of carbonyl (C=O) groups excluding carboxylic acids is 1. The van der Waals surface area contributed by atoms with Crippen molar-refractivity contribution in [2.24, 2.45) is 5.92 Å². The lowest BCUT2D eigenvalue weighted by Gasteiger charge is -2.26. The number of carbonyl (C=O) groups is 1. The van der Waals surface area contributed by atoms with E-state index in [4.69, 9.17) is 9.47 Å². The Balaban J connectivity index is 2.25. The molecule has 0 bridgehead atoms.